The number of rotatable bonds is 4. The Morgan fingerprint density at radius 2 is 2.48 bits per heavy atom. The SMILES string of the molecule is Cc1noc(Cl)c1CCC(=O)N1CCC[C@@H]1c1ccsc1. The summed E-state index contributed by atoms with van der Waals surface area (Å²) in [7, 11) is 0. The van der Waals surface area contributed by atoms with E-state index in [1.54, 1.807) is 11.3 Å². The molecule has 1 fully saturated rings. The lowest BCUT2D eigenvalue weighted by atomic mass is 10.1. The standard InChI is InChI=1S/C15H17ClN2O2S/c1-10-12(15(16)20-17-10)4-5-14(19)18-7-2-3-13(18)11-6-8-21-9-11/h6,8-9,13H,2-5,7H2,1H3/t13-/m1/s1. The van der Waals surface area contributed by atoms with Crippen molar-refractivity contribution in [2.45, 2.75) is 38.6 Å². The van der Waals surface area contributed by atoms with Gasteiger partial charge in [-0.15, -0.1) is 0 Å². The first kappa shape index (κ1) is 14.6. The van der Waals surface area contributed by atoms with Crippen LogP contribution >= 0.6 is 22.9 Å². The summed E-state index contributed by atoms with van der Waals surface area (Å²) < 4.78 is 4.92. The molecule has 0 radical (unpaired) electrons. The van der Waals surface area contributed by atoms with Gasteiger partial charge in [0, 0.05) is 18.5 Å². The van der Waals surface area contributed by atoms with E-state index in [0.29, 0.717) is 18.1 Å². The third-order valence-corrected chi connectivity index (χ3v) is 5.03. The highest BCUT2D eigenvalue weighted by Crippen LogP contribution is 2.33. The number of thiophene rings is 1. The zero-order valence-electron chi connectivity index (χ0n) is 11.8. The van der Waals surface area contributed by atoms with Crippen molar-refractivity contribution >= 4 is 28.8 Å². The van der Waals surface area contributed by atoms with Crippen molar-refractivity contribution in [1.29, 1.82) is 0 Å². The van der Waals surface area contributed by atoms with E-state index in [1.165, 1.54) is 5.56 Å². The van der Waals surface area contributed by atoms with E-state index in [1.807, 2.05) is 11.8 Å². The monoisotopic (exact) mass is 324 g/mol. The number of hydrogen-bond donors (Lipinski definition) is 0. The number of nitrogens with zero attached hydrogens (tertiary/aromatic N) is 2. The van der Waals surface area contributed by atoms with Crippen LogP contribution in [0.15, 0.2) is 21.3 Å². The molecular weight excluding hydrogens is 308 g/mol. The van der Waals surface area contributed by atoms with Gasteiger partial charge in [-0.1, -0.05) is 5.16 Å². The number of aryl methyl sites for hydroxylation is 1. The van der Waals surface area contributed by atoms with Gasteiger partial charge < -0.3 is 9.42 Å². The molecule has 1 saturated heterocycles. The largest absolute Gasteiger partial charge is 0.344 e. The minimum atomic E-state index is 0.181. The van der Waals surface area contributed by atoms with E-state index in [2.05, 4.69) is 22.0 Å². The number of hydrogen-bond acceptors (Lipinski definition) is 4. The molecule has 0 aliphatic carbocycles. The van der Waals surface area contributed by atoms with Crippen molar-refractivity contribution in [3.63, 3.8) is 0 Å². The fraction of sp³-hybridized carbons (Fsp3) is 0.467. The molecule has 0 bridgehead atoms. The number of aromatic nitrogens is 1. The molecule has 1 atom stereocenters. The van der Waals surface area contributed by atoms with E-state index < -0.39 is 0 Å². The average molecular weight is 325 g/mol. The lowest BCUT2D eigenvalue weighted by Gasteiger charge is -2.24. The second-order valence-corrected chi connectivity index (χ2v) is 6.45. The summed E-state index contributed by atoms with van der Waals surface area (Å²) in [6, 6.07) is 2.35. The molecule has 2 aromatic heterocycles. The second kappa shape index (κ2) is 6.20. The molecule has 1 amide bonds. The van der Waals surface area contributed by atoms with Gasteiger partial charge in [-0.05, 0) is 60.2 Å². The van der Waals surface area contributed by atoms with Gasteiger partial charge in [-0.25, -0.2) is 0 Å². The number of halogens is 1. The predicted octanol–water partition coefficient (Wildman–Crippen LogP) is 3.99. The van der Waals surface area contributed by atoms with Gasteiger partial charge in [-0.2, -0.15) is 11.3 Å². The Hall–Kier alpha value is -1.33. The van der Waals surface area contributed by atoms with Crippen LogP contribution in [0, 0.1) is 6.92 Å². The number of carbonyl (C=O) groups is 1. The first-order valence-corrected chi connectivity index (χ1v) is 8.41. The van der Waals surface area contributed by atoms with Crippen molar-refractivity contribution in [1.82, 2.24) is 10.1 Å². The van der Waals surface area contributed by atoms with E-state index in [4.69, 9.17) is 16.1 Å². The maximum absolute atomic E-state index is 12.5. The Labute approximate surface area is 132 Å². The summed E-state index contributed by atoms with van der Waals surface area (Å²) in [6.07, 6.45) is 3.15. The first-order chi connectivity index (χ1) is 10.2. The molecular formula is C15H17ClN2O2S. The molecule has 0 spiro atoms. The Morgan fingerprint density at radius 1 is 1.62 bits per heavy atom. The summed E-state index contributed by atoms with van der Waals surface area (Å²) in [6.45, 7) is 2.69. The molecule has 0 saturated carbocycles. The Kier molecular flexibility index (Phi) is 4.31. The highest BCUT2D eigenvalue weighted by Gasteiger charge is 2.30. The molecule has 1 aliphatic rings. The molecule has 0 aromatic carbocycles. The van der Waals surface area contributed by atoms with Crippen molar-refractivity contribution in [3.05, 3.63) is 38.9 Å². The predicted molar refractivity (Wildman–Crippen MR) is 82.6 cm³/mol. The van der Waals surface area contributed by atoms with Crippen LogP contribution in [0.5, 0.6) is 0 Å². The molecule has 1 aliphatic heterocycles. The van der Waals surface area contributed by atoms with Gasteiger partial charge in [0.1, 0.15) is 0 Å². The van der Waals surface area contributed by atoms with Crippen LogP contribution in [0.1, 0.15) is 42.1 Å². The normalized spacial score (nSPS) is 18.4. The van der Waals surface area contributed by atoms with Crippen molar-refractivity contribution < 1.29 is 9.32 Å². The highest BCUT2D eigenvalue weighted by atomic mass is 35.5. The number of amides is 1. The van der Waals surface area contributed by atoms with Crippen LogP contribution in [-0.2, 0) is 11.2 Å². The van der Waals surface area contributed by atoms with Gasteiger partial charge in [-0.3, -0.25) is 4.79 Å². The smallest absolute Gasteiger partial charge is 0.229 e. The van der Waals surface area contributed by atoms with Crippen LogP contribution in [-0.4, -0.2) is 22.5 Å². The van der Waals surface area contributed by atoms with Crippen LogP contribution in [0.2, 0.25) is 5.22 Å². The lowest BCUT2D eigenvalue weighted by Crippen LogP contribution is -2.30. The highest BCUT2D eigenvalue weighted by molar-refractivity contribution is 7.07. The third-order valence-electron chi connectivity index (χ3n) is 4.03. The van der Waals surface area contributed by atoms with Crippen molar-refractivity contribution in [2.24, 2.45) is 0 Å². The molecule has 3 rings (SSSR count). The molecule has 2 aromatic rings. The lowest BCUT2D eigenvalue weighted by molar-refractivity contribution is -0.132. The fourth-order valence-electron chi connectivity index (χ4n) is 2.89. The van der Waals surface area contributed by atoms with Crippen molar-refractivity contribution in [3.8, 4) is 0 Å². The van der Waals surface area contributed by atoms with Crippen molar-refractivity contribution in [2.75, 3.05) is 6.54 Å². The molecule has 0 unspecified atom stereocenters. The Morgan fingerprint density at radius 3 is 3.14 bits per heavy atom. The van der Waals surface area contributed by atoms with Gasteiger partial charge in [0.25, 0.3) is 0 Å². The minimum Gasteiger partial charge on any atom is -0.344 e. The topological polar surface area (TPSA) is 46.3 Å². The van der Waals surface area contributed by atoms with Crippen LogP contribution < -0.4 is 0 Å². The number of carbonyl (C=O) groups excluding carboxylic acids is 1. The summed E-state index contributed by atoms with van der Waals surface area (Å²) in [4.78, 5) is 14.5. The maximum Gasteiger partial charge on any atom is 0.229 e. The molecule has 4 nitrogen and oxygen atoms in total. The summed E-state index contributed by atoms with van der Waals surface area (Å²) in [5.41, 5.74) is 2.87. The molecule has 6 heteroatoms. The van der Waals surface area contributed by atoms with Crippen LogP contribution in [0.3, 0.4) is 0 Å². The van der Waals surface area contributed by atoms with Gasteiger partial charge >= 0.3 is 0 Å². The van der Waals surface area contributed by atoms with Crippen LogP contribution in [0.4, 0.5) is 0 Å². The zero-order valence-corrected chi connectivity index (χ0v) is 13.4. The fourth-order valence-corrected chi connectivity index (χ4v) is 3.86. The number of likely N-dealkylation sites (tertiary alicyclic amines) is 1. The van der Waals surface area contributed by atoms with E-state index in [0.717, 1.165) is 30.6 Å². The second-order valence-electron chi connectivity index (χ2n) is 5.32. The van der Waals surface area contributed by atoms with Crippen LogP contribution in [0.25, 0.3) is 0 Å². The minimum absolute atomic E-state index is 0.181. The first-order valence-electron chi connectivity index (χ1n) is 7.09. The van der Waals surface area contributed by atoms with Gasteiger partial charge in [0.2, 0.25) is 11.1 Å². The van der Waals surface area contributed by atoms with E-state index in [9.17, 15) is 4.79 Å². The third kappa shape index (κ3) is 2.99. The maximum atomic E-state index is 12.5. The average Bonchev–Trinajstić information content (AvgIpc) is 3.18. The molecule has 21 heavy (non-hydrogen) atoms. The molecule has 3 heterocycles. The van der Waals surface area contributed by atoms with E-state index >= 15 is 0 Å². The van der Waals surface area contributed by atoms with Gasteiger partial charge in [0.05, 0.1) is 11.7 Å². The zero-order chi connectivity index (χ0) is 14.8. The molecule has 112 valence electrons. The quantitative estimate of drug-likeness (QED) is 0.854. The summed E-state index contributed by atoms with van der Waals surface area (Å²) in [5.74, 6) is 0.181. The summed E-state index contributed by atoms with van der Waals surface area (Å²) in [5, 5.41) is 8.32. The molecule has 0 N–H and O–H groups in total. The van der Waals surface area contributed by atoms with Gasteiger partial charge in [0.15, 0.2) is 0 Å². The van der Waals surface area contributed by atoms with E-state index in [-0.39, 0.29) is 11.9 Å². The Bertz CT molecular complexity index is 604. The Balaban J connectivity index is 1.65. The summed E-state index contributed by atoms with van der Waals surface area (Å²) >= 11 is 7.62.